The van der Waals surface area contributed by atoms with Crippen molar-refractivity contribution in [1.82, 2.24) is 15.3 Å². The maximum atomic E-state index is 12.1. The number of hydrogen-bond donors (Lipinski definition) is 1. The van der Waals surface area contributed by atoms with Crippen molar-refractivity contribution in [3.05, 3.63) is 23.8 Å². The van der Waals surface area contributed by atoms with Crippen LogP contribution >= 0.6 is 0 Å². The predicted molar refractivity (Wildman–Crippen MR) is 71.9 cm³/mol. The van der Waals surface area contributed by atoms with Gasteiger partial charge in [-0.25, -0.2) is 9.97 Å². The van der Waals surface area contributed by atoms with Crippen molar-refractivity contribution < 1.29 is 9.53 Å². The van der Waals surface area contributed by atoms with E-state index >= 15 is 0 Å². The lowest BCUT2D eigenvalue weighted by Crippen LogP contribution is -2.27. The van der Waals surface area contributed by atoms with Gasteiger partial charge in [-0.3, -0.25) is 4.79 Å². The molecule has 1 aliphatic heterocycles. The number of nitrogens with zero attached hydrogens (tertiary/aromatic N) is 2. The van der Waals surface area contributed by atoms with Crippen LogP contribution in [0, 0.1) is 5.92 Å². The predicted octanol–water partition coefficient (Wildman–Crippen LogP) is 1.59. The maximum absolute atomic E-state index is 12.1. The van der Waals surface area contributed by atoms with Gasteiger partial charge in [0.05, 0.1) is 11.3 Å². The Morgan fingerprint density at radius 2 is 2.47 bits per heavy atom. The van der Waals surface area contributed by atoms with Crippen molar-refractivity contribution in [2.45, 2.75) is 32.6 Å². The molecule has 1 amide bonds. The quantitative estimate of drug-likeness (QED) is 0.846. The van der Waals surface area contributed by atoms with Gasteiger partial charge in [0.1, 0.15) is 6.33 Å². The second-order valence-corrected chi connectivity index (χ2v) is 4.91. The van der Waals surface area contributed by atoms with Crippen LogP contribution in [0.2, 0.25) is 0 Å². The van der Waals surface area contributed by atoms with Crippen LogP contribution in [0.4, 0.5) is 0 Å². The third kappa shape index (κ3) is 3.99. The van der Waals surface area contributed by atoms with Crippen LogP contribution in [-0.2, 0) is 11.2 Å². The van der Waals surface area contributed by atoms with Crippen molar-refractivity contribution in [1.29, 1.82) is 0 Å². The standard InChI is InChI=1S/C14H21N3O2/c1-2-3-13-12(8-15-10-17-13)14(18)16-6-4-11-5-7-19-9-11/h8,10-11H,2-7,9H2,1H3,(H,16,18)/t11-/m1/s1. The molecule has 0 aliphatic carbocycles. The Kier molecular flexibility index (Phi) is 5.27. The second kappa shape index (κ2) is 7.19. The molecule has 2 rings (SSSR count). The molecule has 5 heteroatoms. The molecule has 104 valence electrons. The highest BCUT2D eigenvalue weighted by molar-refractivity contribution is 5.94. The summed E-state index contributed by atoms with van der Waals surface area (Å²) in [6.45, 7) is 4.44. The Balaban J connectivity index is 1.84. The van der Waals surface area contributed by atoms with Crippen molar-refractivity contribution in [2.24, 2.45) is 5.92 Å². The normalized spacial score (nSPS) is 18.5. The lowest BCUT2D eigenvalue weighted by Gasteiger charge is -2.10. The van der Waals surface area contributed by atoms with Gasteiger partial charge in [0.25, 0.3) is 5.91 Å². The van der Waals surface area contributed by atoms with E-state index in [9.17, 15) is 4.79 Å². The summed E-state index contributed by atoms with van der Waals surface area (Å²) in [6, 6.07) is 0. The molecule has 1 atom stereocenters. The maximum Gasteiger partial charge on any atom is 0.254 e. The molecule has 19 heavy (non-hydrogen) atoms. The first-order valence-corrected chi connectivity index (χ1v) is 6.96. The molecule has 0 radical (unpaired) electrons. The van der Waals surface area contributed by atoms with E-state index in [4.69, 9.17) is 4.74 Å². The lowest BCUT2D eigenvalue weighted by atomic mass is 10.1. The molecule has 0 saturated carbocycles. The smallest absolute Gasteiger partial charge is 0.254 e. The SMILES string of the molecule is CCCc1ncncc1C(=O)NCC[C@@H]1CCOC1. The minimum atomic E-state index is -0.0667. The Morgan fingerprint density at radius 3 is 3.21 bits per heavy atom. The van der Waals surface area contributed by atoms with Gasteiger partial charge in [-0.05, 0) is 25.2 Å². The molecule has 0 spiro atoms. The summed E-state index contributed by atoms with van der Waals surface area (Å²) in [4.78, 5) is 20.2. The minimum Gasteiger partial charge on any atom is -0.381 e. The fraction of sp³-hybridized carbons (Fsp3) is 0.643. The molecule has 0 bridgehead atoms. The lowest BCUT2D eigenvalue weighted by molar-refractivity contribution is 0.0948. The molecule has 1 aromatic heterocycles. The molecule has 0 aromatic carbocycles. The number of aromatic nitrogens is 2. The van der Waals surface area contributed by atoms with Crippen molar-refractivity contribution in [2.75, 3.05) is 19.8 Å². The first kappa shape index (κ1) is 13.9. The van der Waals surface area contributed by atoms with E-state index in [0.29, 0.717) is 18.0 Å². The van der Waals surface area contributed by atoms with Crippen molar-refractivity contribution >= 4 is 5.91 Å². The number of aryl methyl sites for hydroxylation is 1. The van der Waals surface area contributed by atoms with E-state index < -0.39 is 0 Å². The Hall–Kier alpha value is -1.49. The van der Waals surface area contributed by atoms with Gasteiger partial charge >= 0.3 is 0 Å². The highest BCUT2D eigenvalue weighted by Crippen LogP contribution is 2.15. The summed E-state index contributed by atoms with van der Waals surface area (Å²) >= 11 is 0. The average molecular weight is 263 g/mol. The third-order valence-electron chi connectivity index (χ3n) is 3.39. The molecule has 1 aliphatic rings. The number of carbonyl (C=O) groups is 1. The fourth-order valence-corrected chi connectivity index (χ4v) is 2.28. The molecule has 1 aromatic rings. The van der Waals surface area contributed by atoms with Gasteiger partial charge in [0.2, 0.25) is 0 Å². The van der Waals surface area contributed by atoms with E-state index in [2.05, 4.69) is 22.2 Å². The number of nitrogens with one attached hydrogen (secondary N) is 1. The summed E-state index contributed by atoms with van der Waals surface area (Å²) in [5.41, 5.74) is 1.44. The zero-order chi connectivity index (χ0) is 13.5. The van der Waals surface area contributed by atoms with E-state index in [1.54, 1.807) is 6.20 Å². The monoisotopic (exact) mass is 263 g/mol. The van der Waals surface area contributed by atoms with Gasteiger partial charge in [-0.15, -0.1) is 0 Å². The van der Waals surface area contributed by atoms with Crippen LogP contribution < -0.4 is 5.32 Å². The number of rotatable bonds is 6. The zero-order valence-electron chi connectivity index (χ0n) is 11.4. The third-order valence-corrected chi connectivity index (χ3v) is 3.39. The molecular formula is C14H21N3O2. The Bertz CT molecular complexity index is 417. The van der Waals surface area contributed by atoms with Crippen LogP contribution in [0.15, 0.2) is 12.5 Å². The topological polar surface area (TPSA) is 64.1 Å². The van der Waals surface area contributed by atoms with Crippen LogP contribution in [-0.4, -0.2) is 35.6 Å². The summed E-state index contributed by atoms with van der Waals surface area (Å²) in [6.07, 6.45) is 6.95. The summed E-state index contributed by atoms with van der Waals surface area (Å²) in [7, 11) is 0. The van der Waals surface area contributed by atoms with Crippen molar-refractivity contribution in [3.63, 3.8) is 0 Å². The molecule has 1 saturated heterocycles. The number of amides is 1. The van der Waals surface area contributed by atoms with Gasteiger partial charge in [0, 0.05) is 26.0 Å². The van der Waals surface area contributed by atoms with Gasteiger partial charge < -0.3 is 10.1 Å². The van der Waals surface area contributed by atoms with Gasteiger partial charge in [-0.2, -0.15) is 0 Å². The molecule has 1 fully saturated rings. The number of hydrogen-bond acceptors (Lipinski definition) is 4. The van der Waals surface area contributed by atoms with E-state index in [-0.39, 0.29) is 5.91 Å². The van der Waals surface area contributed by atoms with E-state index in [1.165, 1.54) is 6.33 Å². The first-order valence-electron chi connectivity index (χ1n) is 6.96. The Morgan fingerprint density at radius 1 is 1.58 bits per heavy atom. The molecule has 5 nitrogen and oxygen atoms in total. The fourth-order valence-electron chi connectivity index (χ4n) is 2.28. The first-order chi connectivity index (χ1) is 9.31. The highest BCUT2D eigenvalue weighted by atomic mass is 16.5. The molecule has 0 unspecified atom stereocenters. The van der Waals surface area contributed by atoms with Gasteiger partial charge in [0.15, 0.2) is 0 Å². The van der Waals surface area contributed by atoms with Crippen molar-refractivity contribution in [3.8, 4) is 0 Å². The molecule has 1 N–H and O–H groups in total. The minimum absolute atomic E-state index is 0.0667. The highest BCUT2D eigenvalue weighted by Gasteiger charge is 2.16. The summed E-state index contributed by atoms with van der Waals surface area (Å²) in [5.74, 6) is 0.519. The van der Waals surface area contributed by atoms with Crippen LogP contribution in [0.25, 0.3) is 0 Å². The summed E-state index contributed by atoms with van der Waals surface area (Å²) in [5, 5.41) is 2.95. The average Bonchev–Trinajstić information content (AvgIpc) is 2.93. The molecule has 2 heterocycles. The number of carbonyl (C=O) groups excluding carboxylic acids is 1. The largest absolute Gasteiger partial charge is 0.381 e. The zero-order valence-corrected chi connectivity index (χ0v) is 11.4. The van der Waals surface area contributed by atoms with Gasteiger partial charge in [-0.1, -0.05) is 13.3 Å². The second-order valence-electron chi connectivity index (χ2n) is 4.91. The Labute approximate surface area is 113 Å². The van der Waals surface area contributed by atoms with Crippen LogP contribution in [0.3, 0.4) is 0 Å². The number of ether oxygens (including phenoxy) is 1. The van der Waals surface area contributed by atoms with Crippen LogP contribution in [0.1, 0.15) is 42.2 Å². The van der Waals surface area contributed by atoms with Crippen LogP contribution in [0.5, 0.6) is 0 Å². The molecular weight excluding hydrogens is 242 g/mol. The summed E-state index contributed by atoms with van der Waals surface area (Å²) < 4.78 is 5.32. The van der Waals surface area contributed by atoms with E-state index in [0.717, 1.165) is 44.6 Å². The van der Waals surface area contributed by atoms with E-state index in [1.807, 2.05) is 0 Å².